The topological polar surface area (TPSA) is 125 Å². The predicted octanol–water partition coefficient (Wildman–Crippen LogP) is 4.43. The molecule has 9 rings (SSSR count). The Balaban J connectivity index is 1.26. The Kier molecular flexibility index (Phi) is 6.23. The van der Waals surface area contributed by atoms with Gasteiger partial charge in [0, 0.05) is 55.3 Å². The average molecular weight is 631 g/mol. The van der Waals surface area contributed by atoms with Crippen molar-refractivity contribution in [3.63, 3.8) is 0 Å². The van der Waals surface area contributed by atoms with Crippen molar-refractivity contribution in [3.05, 3.63) is 34.8 Å². The highest BCUT2D eigenvalue weighted by Crippen LogP contribution is 2.48. The third kappa shape index (κ3) is 4.02. The second kappa shape index (κ2) is 10.2. The number of hydrogen-bond donors (Lipinski definition) is 2. The first kappa shape index (κ1) is 27.6. The number of aromatic nitrogens is 3. The summed E-state index contributed by atoms with van der Waals surface area (Å²) >= 11 is 1.21. The van der Waals surface area contributed by atoms with Crippen LogP contribution < -0.4 is 20.7 Å². The second-order valence-corrected chi connectivity index (χ2v) is 14.0. The zero-order chi connectivity index (χ0) is 30.4. The van der Waals surface area contributed by atoms with E-state index in [9.17, 15) is 9.65 Å². The Morgan fingerprint density at radius 2 is 2.02 bits per heavy atom. The summed E-state index contributed by atoms with van der Waals surface area (Å²) < 4.78 is 44.2. The zero-order valence-electron chi connectivity index (χ0n) is 24.6. The minimum Gasteiger partial charge on any atom is -0.461 e. The first-order chi connectivity index (χ1) is 22.0. The Morgan fingerprint density at radius 1 is 1.20 bits per heavy atom. The van der Waals surface area contributed by atoms with Crippen LogP contribution in [0.25, 0.3) is 32.2 Å². The number of ether oxygens (including phenoxy) is 2. The highest BCUT2D eigenvalue weighted by atomic mass is 32.1. The van der Waals surface area contributed by atoms with Crippen molar-refractivity contribution in [2.75, 3.05) is 43.4 Å². The molecule has 3 aromatic heterocycles. The van der Waals surface area contributed by atoms with E-state index in [1.807, 2.05) is 0 Å². The molecule has 3 N–H and O–H groups in total. The molecule has 0 radical (unpaired) electrons. The highest BCUT2D eigenvalue weighted by Gasteiger charge is 2.49. The minimum atomic E-state index is -0.886. The quantitative estimate of drug-likeness (QED) is 0.327. The third-order valence-corrected chi connectivity index (χ3v) is 11.5. The van der Waals surface area contributed by atoms with Gasteiger partial charge >= 0.3 is 6.01 Å². The molecule has 0 amide bonds. The van der Waals surface area contributed by atoms with Gasteiger partial charge in [0.1, 0.15) is 40.0 Å². The van der Waals surface area contributed by atoms with Crippen LogP contribution in [0.15, 0.2) is 12.3 Å². The SMILES string of the molecule is N#Cc1c(N)sc2nccc(-c3c4c(c5c(N6C7CCC6CNC7)nc(OC[C@@]67CCCN6C[C@H](F)C7)nc5c3F)COC4)c12. The molecule has 45 heavy (non-hydrogen) atoms. The number of nitrogen functional groups attached to an aromatic ring is 1. The first-order valence-corrected chi connectivity index (χ1v) is 16.5. The van der Waals surface area contributed by atoms with Gasteiger partial charge in [-0.05, 0) is 55.0 Å². The van der Waals surface area contributed by atoms with E-state index in [4.69, 9.17) is 25.2 Å². The molecule has 0 spiro atoms. The molecule has 4 atom stereocenters. The lowest BCUT2D eigenvalue weighted by Crippen LogP contribution is -2.52. The molecule has 2 bridgehead atoms. The smallest absolute Gasteiger partial charge is 0.319 e. The van der Waals surface area contributed by atoms with E-state index < -0.39 is 17.5 Å². The number of anilines is 2. The summed E-state index contributed by atoms with van der Waals surface area (Å²) in [6.45, 7) is 3.66. The van der Waals surface area contributed by atoms with Crippen molar-refractivity contribution < 1.29 is 18.3 Å². The highest BCUT2D eigenvalue weighted by molar-refractivity contribution is 7.22. The number of nitrogens with one attached hydrogen (secondary N) is 1. The lowest BCUT2D eigenvalue weighted by molar-refractivity contribution is 0.107. The molecule has 4 aromatic rings. The van der Waals surface area contributed by atoms with Crippen LogP contribution in [-0.4, -0.2) is 76.4 Å². The van der Waals surface area contributed by atoms with Gasteiger partial charge in [-0.3, -0.25) is 4.90 Å². The molecule has 8 heterocycles. The second-order valence-electron chi connectivity index (χ2n) is 13.0. The zero-order valence-corrected chi connectivity index (χ0v) is 25.4. The number of hydrogen-bond acceptors (Lipinski definition) is 11. The minimum absolute atomic E-state index is 0.0973. The predicted molar refractivity (Wildman–Crippen MR) is 166 cm³/mol. The third-order valence-electron chi connectivity index (χ3n) is 10.6. The molecule has 10 nitrogen and oxygen atoms in total. The monoisotopic (exact) mass is 630 g/mol. The molecule has 232 valence electrons. The fraction of sp³-hybridized carbons (Fsp3) is 0.500. The summed E-state index contributed by atoms with van der Waals surface area (Å²) in [5.41, 5.74) is 8.71. The number of alkyl halides is 1. The van der Waals surface area contributed by atoms with Crippen LogP contribution in [0.3, 0.4) is 0 Å². The molecule has 4 saturated heterocycles. The number of nitrogens with zero attached hydrogens (tertiary/aromatic N) is 6. The van der Waals surface area contributed by atoms with Gasteiger partial charge in [-0.15, -0.1) is 0 Å². The van der Waals surface area contributed by atoms with Crippen LogP contribution in [0.4, 0.5) is 19.6 Å². The van der Waals surface area contributed by atoms with E-state index in [2.05, 4.69) is 26.2 Å². The van der Waals surface area contributed by atoms with Crippen LogP contribution in [0.5, 0.6) is 6.01 Å². The molecule has 0 aliphatic carbocycles. The fourth-order valence-electron chi connectivity index (χ4n) is 8.66. The van der Waals surface area contributed by atoms with Crippen LogP contribution in [0, 0.1) is 17.1 Å². The van der Waals surface area contributed by atoms with E-state index in [1.165, 1.54) is 11.3 Å². The molecule has 4 fully saturated rings. The van der Waals surface area contributed by atoms with E-state index in [0.29, 0.717) is 50.5 Å². The molecule has 0 saturated carbocycles. The van der Waals surface area contributed by atoms with Gasteiger partial charge in [0.05, 0.1) is 29.7 Å². The lowest BCUT2D eigenvalue weighted by Gasteiger charge is -2.37. The number of pyridine rings is 1. The fourth-order valence-corrected chi connectivity index (χ4v) is 9.54. The van der Waals surface area contributed by atoms with Gasteiger partial charge in [-0.25, -0.2) is 13.8 Å². The largest absolute Gasteiger partial charge is 0.461 e. The number of nitriles is 1. The Hall–Kier alpha value is -3.70. The number of fused-ring (bicyclic) bond motifs is 7. The van der Waals surface area contributed by atoms with Gasteiger partial charge in [0.25, 0.3) is 0 Å². The van der Waals surface area contributed by atoms with Crippen molar-refractivity contribution >= 4 is 43.3 Å². The maximum Gasteiger partial charge on any atom is 0.319 e. The summed E-state index contributed by atoms with van der Waals surface area (Å²) in [7, 11) is 0. The van der Waals surface area contributed by atoms with Gasteiger partial charge in [-0.1, -0.05) is 11.3 Å². The van der Waals surface area contributed by atoms with Crippen LogP contribution >= 0.6 is 11.3 Å². The normalized spacial score (nSPS) is 27.4. The molecular weight excluding hydrogens is 598 g/mol. The van der Waals surface area contributed by atoms with Crippen molar-refractivity contribution in [1.29, 1.82) is 5.26 Å². The molecule has 2 unspecified atom stereocenters. The van der Waals surface area contributed by atoms with E-state index in [0.717, 1.165) is 56.4 Å². The molecule has 13 heteroatoms. The van der Waals surface area contributed by atoms with Crippen LogP contribution in [0.2, 0.25) is 0 Å². The molecule has 5 aliphatic rings. The summed E-state index contributed by atoms with van der Waals surface area (Å²) in [5.74, 6) is 0.154. The number of thiophene rings is 1. The average Bonchev–Trinajstić information content (AvgIpc) is 3.83. The van der Waals surface area contributed by atoms with E-state index in [-0.39, 0.29) is 49.0 Å². The molecule has 1 aromatic carbocycles. The maximum atomic E-state index is 17.3. The number of benzene rings is 1. The molecule has 5 aliphatic heterocycles. The number of piperazine rings is 1. The number of nitrogens with two attached hydrogens (primary N) is 1. The van der Waals surface area contributed by atoms with E-state index >= 15 is 4.39 Å². The van der Waals surface area contributed by atoms with Crippen LogP contribution in [0.1, 0.15) is 48.8 Å². The van der Waals surface area contributed by atoms with E-state index in [1.54, 1.807) is 12.3 Å². The maximum absolute atomic E-state index is 17.3. The lowest BCUT2D eigenvalue weighted by atomic mass is 9.91. The summed E-state index contributed by atoms with van der Waals surface area (Å²) in [4.78, 5) is 19.3. The Bertz CT molecular complexity index is 1910. The van der Waals surface area contributed by atoms with Gasteiger partial charge < -0.3 is 25.4 Å². The van der Waals surface area contributed by atoms with Crippen molar-refractivity contribution in [2.45, 2.75) is 69.1 Å². The van der Waals surface area contributed by atoms with Gasteiger partial charge in [-0.2, -0.15) is 15.2 Å². The van der Waals surface area contributed by atoms with Crippen molar-refractivity contribution in [3.8, 4) is 23.2 Å². The summed E-state index contributed by atoms with van der Waals surface area (Å²) in [6, 6.07) is 4.46. The number of rotatable bonds is 5. The molecular formula is C32H32F2N8O2S. The van der Waals surface area contributed by atoms with Crippen LogP contribution in [-0.2, 0) is 18.0 Å². The van der Waals surface area contributed by atoms with Crippen molar-refractivity contribution in [2.24, 2.45) is 0 Å². The summed E-state index contributed by atoms with van der Waals surface area (Å²) in [6.07, 6.45) is 5.02. The summed E-state index contributed by atoms with van der Waals surface area (Å²) in [5, 5.41) is 15.0. The van der Waals surface area contributed by atoms with Crippen molar-refractivity contribution in [1.82, 2.24) is 25.2 Å². The Morgan fingerprint density at radius 3 is 2.84 bits per heavy atom. The standard InChI is InChI=1S/C32H32F2N8O2S/c33-16-8-32(5-1-7-41(32)12-16)15-44-31-39-27-25(29(40-31)42-17-2-3-18(42)11-37-10-17)22-14-43-13-21(22)23(26(27)34)19-4-6-38-30-24(19)20(9-35)28(36)45-30/h4,6,16-18,37H,1-3,5,7-8,10-15,36H2/t16-,17?,18?,32+/m1/s1. The van der Waals surface area contributed by atoms with Gasteiger partial charge in [0.2, 0.25) is 0 Å². The first-order valence-electron chi connectivity index (χ1n) is 15.7. The van der Waals surface area contributed by atoms with Gasteiger partial charge in [0.15, 0.2) is 5.82 Å². The number of halogens is 2. The Labute approximate surface area is 262 Å².